The van der Waals surface area contributed by atoms with Crippen molar-refractivity contribution in [3.8, 4) is 0 Å². The van der Waals surface area contributed by atoms with Crippen LogP contribution in [0.2, 0.25) is 0 Å². The van der Waals surface area contributed by atoms with Crippen molar-refractivity contribution >= 4 is 47.2 Å². The van der Waals surface area contributed by atoms with Gasteiger partial charge in [0.05, 0.1) is 23.5 Å². The van der Waals surface area contributed by atoms with Crippen molar-refractivity contribution in [2.45, 2.75) is 13.5 Å². The van der Waals surface area contributed by atoms with Crippen molar-refractivity contribution in [2.75, 3.05) is 27.2 Å². The number of hydrogen-bond acceptors (Lipinski definition) is 5. The summed E-state index contributed by atoms with van der Waals surface area (Å²) in [5.41, 5.74) is 1.02. The number of aryl methyl sites for hydroxylation is 1. The smallest absolute Gasteiger partial charge is 0.287 e. The van der Waals surface area contributed by atoms with Crippen LogP contribution in [0.15, 0.2) is 33.2 Å². The first-order valence-corrected chi connectivity index (χ1v) is 8.12. The lowest BCUT2D eigenvalue weighted by Crippen LogP contribution is -2.42. The van der Waals surface area contributed by atoms with Crippen LogP contribution >= 0.6 is 35.3 Å². The molecule has 2 aromatic rings. The van der Waals surface area contributed by atoms with E-state index in [-0.39, 0.29) is 29.9 Å². The molecule has 9 heteroatoms. The lowest BCUT2D eigenvalue weighted by molar-refractivity contribution is 0.0926. The zero-order valence-electron chi connectivity index (χ0n) is 13.9. The molecule has 0 aliphatic carbocycles. The van der Waals surface area contributed by atoms with E-state index in [0.717, 1.165) is 16.7 Å². The number of aliphatic imine (C=N–C) groups is 1. The van der Waals surface area contributed by atoms with Gasteiger partial charge in [-0.3, -0.25) is 9.79 Å². The Morgan fingerprint density at radius 1 is 1.42 bits per heavy atom. The molecule has 0 unspecified atom stereocenters. The van der Waals surface area contributed by atoms with Crippen LogP contribution < -0.4 is 10.6 Å². The van der Waals surface area contributed by atoms with Crippen molar-refractivity contribution in [1.29, 1.82) is 0 Å². The highest BCUT2D eigenvalue weighted by Crippen LogP contribution is 2.09. The summed E-state index contributed by atoms with van der Waals surface area (Å²) in [6, 6.07) is 3.31. The summed E-state index contributed by atoms with van der Waals surface area (Å²) < 4.78 is 5.03. The zero-order chi connectivity index (χ0) is 16.7. The normalized spacial score (nSPS) is 10.9. The third-order valence-electron chi connectivity index (χ3n) is 3.08. The van der Waals surface area contributed by atoms with Gasteiger partial charge in [0.1, 0.15) is 0 Å². The number of amides is 1. The Labute approximate surface area is 162 Å². The molecule has 132 valence electrons. The van der Waals surface area contributed by atoms with Crippen LogP contribution in [0.1, 0.15) is 21.3 Å². The molecule has 24 heavy (non-hydrogen) atoms. The van der Waals surface area contributed by atoms with E-state index in [1.54, 1.807) is 30.5 Å². The summed E-state index contributed by atoms with van der Waals surface area (Å²) in [5.74, 6) is 0.839. The molecule has 0 fully saturated rings. The SMILES string of the molecule is CN=C(NCCNC(=O)c1ccco1)N(C)Cc1csc(C)n1.I. The number of nitrogens with zero attached hydrogens (tertiary/aromatic N) is 3. The molecule has 2 rings (SSSR count). The Hall–Kier alpha value is -1.62. The van der Waals surface area contributed by atoms with E-state index in [2.05, 4.69) is 20.6 Å². The first-order valence-electron chi connectivity index (χ1n) is 7.24. The van der Waals surface area contributed by atoms with Gasteiger partial charge in [0.25, 0.3) is 5.91 Å². The number of carbonyl (C=O) groups is 1. The van der Waals surface area contributed by atoms with E-state index in [4.69, 9.17) is 4.42 Å². The molecule has 0 aromatic carbocycles. The molecule has 0 aliphatic heterocycles. The first-order chi connectivity index (χ1) is 11.1. The van der Waals surface area contributed by atoms with Crippen molar-refractivity contribution in [1.82, 2.24) is 20.5 Å². The van der Waals surface area contributed by atoms with Crippen molar-refractivity contribution < 1.29 is 9.21 Å². The predicted molar refractivity (Wildman–Crippen MR) is 106 cm³/mol. The summed E-state index contributed by atoms with van der Waals surface area (Å²) in [5, 5.41) is 9.08. The number of thiazole rings is 1. The fourth-order valence-electron chi connectivity index (χ4n) is 2.03. The molecule has 0 saturated carbocycles. The highest BCUT2D eigenvalue weighted by Gasteiger charge is 2.09. The molecule has 0 bridgehead atoms. The van der Waals surface area contributed by atoms with Crippen LogP contribution in [0, 0.1) is 6.92 Å². The zero-order valence-corrected chi connectivity index (χ0v) is 17.1. The Morgan fingerprint density at radius 3 is 2.75 bits per heavy atom. The van der Waals surface area contributed by atoms with Crippen LogP contribution in [0.25, 0.3) is 0 Å². The second-order valence-corrected chi connectivity index (χ2v) is 5.98. The molecular formula is C15H22IN5O2S. The molecule has 0 spiro atoms. The summed E-state index contributed by atoms with van der Waals surface area (Å²) >= 11 is 1.63. The molecule has 0 aliphatic rings. The van der Waals surface area contributed by atoms with Gasteiger partial charge < -0.3 is 20.0 Å². The molecule has 2 N–H and O–H groups in total. The summed E-state index contributed by atoms with van der Waals surface area (Å²) in [4.78, 5) is 22.4. The lowest BCUT2D eigenvalue weighted by atomic mass is 10.4. The maximum absolute atomic E-state index is 11.7. The third kappa shape index (κ3) is 6.11. The fourth-order valence-corrected chi connectivity index (χ4v) is 2.63. The molecule has 0 saturated heterocycles. The maximum atomic E-state index is 11.7. The van der Waals surface area contributed by atoms with Crippen molar-refractivity contribution in [3.05, 3.63) is 40.2 Å². The van der Waals surface area contributed by atoms with E-state index >= 15 is 0 Å². The van der Waals surface area contributed by atoms with Crippen LogP contribution in [-0.2, 0) is 6.54 Å². The minimum Gasteiger partial charge on any atom is -0.459 e. The summed E-state index contributed by atoms with van der Waals surface area (Å²) in [7, 11) is 3.68. The van der Waals surface area contributed by atoms with Crippen molar-refractivity contribution in [2.24, 2.45) is 4.99 Å². The maximum Gasteiger partial charge on any atom is 0.287 e. The Bertz CT molecular complexity index is 657. The van der Waals surface area contributed by atoms with Gasteiger partial charge >= 0.3 is 0 Å². The highest BCUT2D eigenvalue weighted by atomic mass is 127. The van der Waals surface area contributed by atoms with Gasteiger partial charge in [0, 0.05) is 32.6 Å². The minimum absolute atomic E-state index is 0. The number of carbonyl (C=O) groups excluding carboxylic acids is 1. The molecular weight excluding hydrogens is 441 g/mol. The molecule has 0 radical (unpaired) electrons. The quantitative estimate of drug-likeness (QED) is 0.297. The number of furan rings is 1. The van der Waals surface area contributed by atoms with Crippen LogP contribution in [0.3, 0.4) is 0 Å². The number of rotatable bonds is 6. The standard InChI is InChI=1S/C15H21N5O2S.HI/c1-11-19-12(10-23-11)9-20(3)15(16-2)18-7-6-17-14(21)13-5-4-8-22-13;/h4-5,8,10H,6-7,9H2,1-3H3,(H,16,18)(H,17,21);1H. The number of nitrogens with one attached hydrogen (secondary N) is 2. The van der Waals surface area contributed by atoms with Gasteiger partial charge in [0.15, 0.2) is 11.7 Å². The molecule has 7 nitrogen and oxygen atoms in total. The molecule has 2 aromatic heterocycles. The number of guanidine groups is 1. The predicted octanol–water partition coefficient (Wildman–Crippen LogP) is 2.10. The third-order valence-corrected chi connectivity index (χ3v) is 3.90. The van der Waals surface area contributed by atoms with Crippen LogP contribution in [0.4, 0.5) is 0 Å². The average Bonchev–Trinajstić information content (AvgIpc) is 3.19. The van der Waals surface area contributed by atoms with Gasteiger partial charge in [-0.25, -0.2) is 4.98 Å². The fraction of sp³-hybridized carbons (Fsp3) is 0.400. The van der Waals surface area contributed by atoms with Crippen molar-refractivity contribution in [3.63, 3.8) is 0 Å². The van der Waals surface area contributed by atoms with Crippen LogP contribution in [0.5, 0.6) is 0 Å². The van der Waals surface area contributed by atoms with E-state index in [1.807, 2.05) is 24.3 Å². The molecule has 0 atom stereocenters. The van der Waals surface area contributed by atoms with Gasteiger partial charge in [-0.1, -0.05) is 0 Å². The number of hydrogen-bond donors (Lipinski definition) is 2. The lowest BCUT2D eigenvalue weighted by Gasteiger charge is -2.21. The first kappa shape index (κ1) is 20.4. The molecule has 2 heterocycles. The Kier molecular flexibility index (Phi) is 8.76. The van der Waals surface area contributed by atoms with Gasteiger partial charge in [-0.05, 0) is 19.1 Å². The molecule has 1 amide bonds. The largest absolute Gasteiger partial charge is 0.459 e. The second-order valence-electron chi connectivity index (χ2n) is 4.92. The van der Waals surface area contributed by atoms with E-state index in [1.165, 1.54) is 6.26 Å². The highest BCUT2D eigenvalue weighted by molar-refractivity contribution is 14.0. The average molecular weight is 463 g/mol. The van der Waals surface area contributed by atoms with E-state index in [9.17, 15) is 4.79 Å². The van der Waals surface area contributed by atoms with Gasteiger partial charge in [-0.15, -0.1) is 35.3 Å². The topological polar surface area (TPSA) is 82.8 Å². The monoisotopic (exact) mass is 463 g/mol. The Balaban J connectivity index is 0.00000288. The number of aromatic nitrogens is 1. The summed E-state index contributed by atoms with van der Waals surface area (Å²) in [6.45, 7) is 3.72. The van der Waals surface area contributed by atoms with Gasteiger partial charge in [-0.2, -0.15) is 0 Å². The Morgan fingerprint density at radius 2 is 2.17 bits per heavy atom. The second kappa shape index (κ2) is 10.3. The van der Waals surface area contributed by atoms with Crippen LogP contribution in [-0.4, -0.2) is 48.9 Å². The summed E-state index contributed by atoms with van der Waals surface area (Å²) in [6.07, 6.45) is 1.48. The minimum atomic E-state index is -0.224. The number of halogens is 1. The van der Waals surface area contributed by atoms with E-state index in [0.29, 0.717) is 25.4 Å². The van der Waals surface area contributed by atoms with E-state index < -0.39 is 0 Å². The van der Waals surface area contributed by atoms with Gasteiger partial charge in [0.2, 0.25) is 0 Å².